The molecule has 0 N–H and O–H groups in total. The number of carbonyl (C=O) groups excluding carboxylic acids is 1. The molecule has 0 spiro atoms. The van der Waals surface area contributed by atoms with Crippen LogP contribution >= 0.6 is 0 Å². The van der Waals surface area contributed by atoms with Crippen molar-refractivity contribution in [2.24, 2.45) is 0 Å². The maximum absolute atomic E-state index is 14.1. The molecular weight excluding hydrogens is 257 g/mol. The molecule has 0 aliphatic heterocycles. The van der Waals surface area contributed by atoms with E-state index in [9.17, 15) is 9.18 Å². The van der Waals surface area contributed by atoms with E-state index in [0.717, 1.165) is 5.39 Å². The van der Waals surface area contributed by atoms with Crippen molar-refractivity contribution in [2.75, 3.05) is 14.1 Å². The fourth-order valence-electron chi connectivity index (χ4n) is 2.29. The Hall–Kier alpha value is -1.91. The number of carbonyl (C=O) groups is 1. The standard InChI is InChI=1S/C15H20FN3O/c1-15(2,3)13-10-6-7-19(9-12(20)18(4)5)14(10)17-8-11(13)16/h6-8H,9H2,1-5H3. The predicted octanol–water partition coefficient (Wildman–Crippen LogP) is 2.56. The first-order valence-corrected chi connectivity index (χ1v) is 6.56. The molecule has 0 aromatic carbocycles. The highest BCUT2D eigenvalue weighted by molar-refractivity contribution is 5.83. The van der Waals surface area contributed by atoms with Crippen molar-refractivity contribution in [1.82, 2.24) is 14.5 Å². The van der Waals surface area contributed by atoms with Gasteiger partial charge in [0.2, 0.25) is 5.91 Å². The van der Waals surface area contributed by atoms with Crippen molar-refractivity contribution in [3.05, 3.63) is 29.8 Å². The highest BCUT2D eigenvalue weighted by Crippen LogP contribution is 2.31. The minimum Gasteiger partial charge on any atom is -0.347 e. The van der Waals surface area contributed by atoms with Gasteiger partial charge in [-0.3, -0.25) is 4.79 Å². The number of nitrogens with zero attached hydrogens (tertiary/aromatic N) is 3. The maximum atomic E-state index is 14.1. The van der Waals surface area contributed by atoms with Crippen LogP contribution in [0.2, 0.25) is 0 Å². The third-order valence-corrected chi connectivity index (χ3v) is 3.30. The zero-order valence-electron chi connectivity index (χ0n) is 12.6. The molecular formula is C15H20FN3O. The van der Waals surface area contributed by atoms with Crippen molar-refractivity contribution in [3.8, 4) is 0 Å². The van der Waals surface area contributed by atoms with Gasteiger partial charge in [-0.05, 0) is 11.5 Å². The Morgan fingerprint density at radius 1 is 1.40 bits per heavy atom. The molecule has 108 valence electrons. The number of halogens is 1. The van der Waals surface area contributed by atoms with Crippen LogP contribution in [0.1, 0.15) is 26.3 Å². The number of rotatable bonds is 2. The summed E-state index contributed by atoms with van der Waals surface area (Å²) < 4.78 is 15.8. The van der Waals surface area contributed by atoms with Crippen LogP contribution in [-0.2, 0) is 16.8 Å². The second-order valence-electron chi connectivity index (χ2n) is 6.20. The maximum Gasteiger partial charge on any atom is 0.242 e. The first kappa shape index (κ1) is 14.5. The Morgan fingerprint density at radius 2 is 2.05 bits per heavy atom. The van der Waals surface area contributed by atoms with Gasteiger partial charge < -0.3 is 9.47 Å². The first-order chi connectivity index (χ1) is 9.21. The summed E-state index contributed by atoms with van der Waals surface area (Å²) in [5, 5.41) is 0.768. The molecule has 0 radical (unpaired) electrons. The molecule has 0 unspecified atom stereocenters. The van der Waals surface area contributed by atoms with Gasteiger partial charge in [0.05, 0.1) is 6.20 Å². The molecule has 0 atom stereocenters. The summed E-state index contributed by atoms with van der Waals surface area (Å²) in [6, 6.07) is 1.83. The molecule has 2 aromatic heterocycles. The fraction of sp³-hybridized carbons (Fsp3) is 0.467. The average molecular weight is 277 g/mol. The minimum atomic E-state index is -0.316. The highest BCUT2D eigenvalue weighted by atomic mass is 19.1. The third-order valence-electron chi connectivity index (χ3n) is 3.30. The Morgan fingerprint density at radius 3 is 2.60 bits per heavy atom. The van der Waals surface area contributed by atoms with E-state index in [1.54, 1.807) is 24.9 Å². The van der Waals surface area contributed by atoms with Crippen LogP contribution in [0, 0.1) is 5.82 Å². The number of pyridine rings is 1. The molecule has 0 bridgehead atoms. The van der Waals surface area contributed by atoms with Gasteiger partial charge in [0.25, 0.3) is 0 Å². The van der Waals surface area contributed by atoms with Gasteiger partial charge >= 0.3 is 0 Å². The highest BCUT2D eigenvalue weighted by Gasteiger charge is 2.23. The largest absolute Gasteiger partial charge is 0.347 e. The summed E-state index contributed by atoms with van der Waals surface area (Å²) in [7, 11) is 3.42. The minimum absolute atomic E-state index is 0.0223. The second kappa shape index (κ2) is 4.89. The van der Waals surface area contributed by atoms with Crippen LogP contribution < -0.4 is 0 Å². The summed E-state index contributed by atoms with van der Waals surface area (Å²) >= 11 is 0. The smallest absolute Gasteiger partial charge is 0.242 e. The summed E-state index contributed by atoms with van der Waals surface area (Å²) in [6.45, 7) is 6.10. The van der Waals surface area contributed by atoms with Gasteiger partial charge in [-0.1, -0.05) is 20.8 Å². The van der Waals surface area contributed by atoms with E-state index in [-0.39, 0.29) is 23.7 Å². The molecule has 2 rings (SSSR count). The van der Waals surface area contributed by atoms with E-state index < -0.39 is 0 Å². The summed E-state index contributed by atoms with van der Waals surface area (Å²) in [5.41, 5.74) is 0.966. The van der Waals surface area contributed by atoms with Crippen molar-refractivity contribution in [1.29, 1.82) is 0 Å². The summed E-state index contributed by atoms with van der Waals surface area (Å²) in [6.07, 6.45) is 3.02. The number of likely N-dealkylation sites (N-methyl/N-ethyl adjacent to an activating group) is 1. The Kier molecular flexibility index (Phi) is 3.54. The van der Waals surface area contributed by atoms with Crippen molar-refractivity contribution < 1.29 is 9.18 Å². The molecule has 0 aliphatic carbocycles. The van der Waals surface area contributed by atoms with Crippen LogP contribution in [0.3, 0.4) is 0 Å². The molecule has 5 heteroatoms. The lowest BCUT2D eigenvalue weighted by Crippen LogP contribution is -2.26. The molecule has 2 heterocycles. The van der Waals surface area contributed by atoms with Crippen molar-refractivity contribution >= 4 is 16.9 Å². The molecule has 0 saturated carbocycles. The SMILES string of the molecule is CN(C)C(=O)Cn1ccc2c(C(C)(C)C)c(F)cnc21. The van der Waals surface area contributed by atoms with Gasteiger partial charge in [0.1, 0.15) is 18.0 Å². The quantitative estimate of drug-likeness (QED) is 0.846. The molecule has 2 aromatic rings. The lowest BCUT2D eigenvalue weighted by molar-refractivity contribution is -0.129. The number of fused-ring (bicyclic) bond motifs is 1. The lowest BCUT2D eigenvalue weighted by Gasteiger charge is -2.20. The Bertz CT molecular complexity index is 653. The van der Waals surface area contributed by atoms with Crippen LogP contribution in [-0.4, -0.2) is 34.5 Å². The van der Waals surface area contributed by atoms with Crippen LogP contribution in [0.25, 0.3) is 11.0 Å². The zero-order valence-corrected chi connectivity index (χ0v) is 12.6. The zero-order chi connectivity index (χ0) is 15.1. The van der Waals surface area contributed by atoms with Crippen LogP contribution in [0.15, 0.2) is 18.5 Å². The van der Waals surface area contributed by atoms with E-state index in [4.69, 9.17) is 0 Å². The topological polar surface area (TPSA) is 38.1 Å². The van der Waals surface area contributed by atoms with Gasteiger partial charge in [0, 0.05) is 31.2 Å². The van der Waals surface area contributed by atoms with Crippen LogP contribution in [0.5, 0.6) is 0 Å². The predicted molar refractivity (Wildman–Crippen MR) is 77.1 cm³/mol. The average Bonchev–Trinajstić information content (AvgIpc) is 2.70. The molecule has 1 amide bonds. The number of aromatic nitrogens is 2. The normalized spacial score (nSPS) is 11.9. The van der Waals surface area contributed by atoms with Crippen molar-refractivity contribution in [3.63, 3.8) is 0 Å². The van der Waals surface area contributed by atoms with E-state index in [1.165, 1.54) is 11.1 Å². The van der Waals surface area contributed by atoms with Gasteiger partial charge in [-0.2, -0.15) is 0 Å². The monoisotopic (exact) mass is 277 g/mol. The van der Waals surface area contributed by atoms with Crippen molar-refractivity contribution in [2.45, 2.75) is 32.7 Å². The molecule has 0 saturated heterocycles. The van der Waals surface area contributed by atoms with E-state index >= 15 is 0 Å². The number of hydrogen-bond donors (Lipinski definition) is 0. The Balaban J connectivity index is 2.56. The second-order valence-corrected chi connectivity index (χ2v) is 6.20. The number of amides is 1. The fourth-order valence-corrected chi connectivity index (χ4v) is 2.29. The number of hydrogen-bond acceptors (Lipinski definition) is 2. The van der Waals surface area contributed by atoms with E-state index in [2.05, 4.69) is 4.98 Å². The van der Waals surface area contributed by atoms with E-state index in [0.29, 0.717) is 11.2 Å². The lowest BCUT2D eigenvalue weighted by atomic mass is 9.85. The molecule has 20 heavy (non-hydrogen) atoms. The molecule has 0 aliphatic rings. The molecule has 0 fully saturated rings. The summed E-state index contributed by atoms with van der Waals surface area (Å²) in [5.74, 6) is -0.326. The molecule has 4 nitrogen and oxygen atoms in total. The summed E-state index contributed by atoms with van der Waals surface area (Å²) in [4.78, 5) is 17.5. The van der Waals surface area contributed by atoms with Gasteiger partial charge in [-0.25, -0.2) is 9.37 Å². The van der Waals surface area contributed by atoms with E-state index in [1.807, 2.05) is 26.8 Å². The van der Waals surface area contributed by atoms with Gasteiger partial charge in [0.15, 0.2) is 0 Å². The Labute approximate surface area is 118 Å². The first-order valence-electron chi connectivity index (χ1n) is 6.56. The van der Waals surface area contributed by atoms with Crippen LogP contribution in [0.4, 0.5) is 4.39 Å². The van der Waals surface area contributed by atoms with Gasteiger partial charge in [-0.15, -0.1) is 0 Å². The third kappa shape index (κ3) is 2.53.